The summed E-state index contributed by atoms with van der Waals surface area (Å²) in [6.07, 6.45) is 5.87. The Balaban J connectivity index is 3.18. The van der Waals surface area contributed by atoms with Gasteiger partial charge in [0.15, 0.2) is 5.82 Å². The zero-order valence-corrected chi connectivity index (χ0v) is 11.6. The molecule has 0 aromatic carbocycles. The van der Waals surface area contributed by atoms with E-state index in [2.05, 4.69) is 10.9 Å². The quantitative estimate of drug-likeness (QED) is 0.856. The lowest BCUT2D eigenvalue weighted by Crippen LogP contribution is -2.38. The molecule has 1 heterocycles. The minimum atomic E-state index is -1.20. The first-order valence-corrected chi connectivity index (χ1v) is 5.88. The summed E-state index contributed by atoms with van der Waals surface area (Å²) in [5, 5.41) is 9.13. The van der Waals surface area contributed by atoms with Gasteiger partial charge in [0.1, 0.15) is 11.2 Å². The molecule has 1 rings (SSSR count). The monoisotopic (exact) mass is 276 g/mol. The van der Waals surface area contributed by atoms with Crippen LogP contribution in [0.4, 0.5) is 10.6 Å². The van der Waals surface area contributed by atoms with Crippen molar-refractivity contribution in [3.05, 3.63) is 23.9 Å². The summed E-state index contributed by atoms with van der Waals surface area (Å²) >= 11 is 0. The Morgan fingerprint density at radius 3 is 2.65 bits per heavy atom. The fraction of sp³-hybridized carbons (Fsp3) is 0.357. The minimum Gasteiger partial charge on any atom is -0.478 e. The van der Waals surface area contributed by atoms with Crippen LogP contribution in [0.3, 0.4) is 0 Å². The van der Waals surface area contributed by atoms with Gasteiger partial charge >= 0.3 is 12.1 Å². The Kier molecular flexibility index (Phi) is 4.70. The first kappa shape index (κ1) is 15.5. The Morgan fingerprint density at radius 2 is 2.15 bits per heavy atom. The highest BCUT2D eigenvalue weighted by Gasteiger charge is 2.26. The number of aromatic carboxylic acids is 1. The van der Waals surface area contributed by atoms with Gasteiger partial charge in [-0.05, 0) is 32.9 Å². The van der Waals surface area contributed by atoms with Crippen LogP contribution in [-0.2, 0) is 4.74 Å². The normalized spacial score (nSPS) is 10.5. The van der Waals surface area contributed by atoms with Gasteiger partial charge in [-0.1, -0.05) is 5.92 Å². The minimum absolute atomic E-state index is 0.0350. The average Bonchev–Trinajstić information content (AvgIpc) is 2.33. The van der Waals surface area contributed by atoms with Gasteiger partial charge in [0, 0.05) is 6.20 Å². The number of rotatable bonds is 3. The molecular weight excluding hydrogens is 260 g/mol. The Bertz CT molecular complexity index is 555. The Hall–Kier alpha value is -2.55. The highest BCUT2D eigenvalue weighted by Crippen LogP contribution is 2.20. The molecule has 6 heteroatoms. The molecule has 0 aliphatic heterocycles. The second kappa shape index (κ2) is 6.06. The molecule has 0 bridgehead atoms. The second-order valence-corrected chi connectivity index (χ2v) is 4.95. The zero-order valence-electron chi connectivity index (χ0n) is 11.6. The predicted octanol–water partition coefficient (Wildman–Crippen LogP) is 2.15. The summed E-state index contributed by atoms with van der Waals surface area (Å²) in [5.41, 5.74) is -0.837. The third-order valence-corrected chi connectivity index (χ3v) is 2.14. The molecule has 0 aliphatic carbocycles. The van der Waals surface area contributed by atoms with Crippen LogP contribution in [0.5, 0.6) is 0 Å². The average molecular weight is 276 g/mol. The van der Waals surface area contributed by atoms with E-state index in [1.807, 2.05) is 0 Å². The summed E-state index contributed by atoms with van der Waals surface area (Å²) in [6.45, 7) is 4.98. The lowest BCUT2D eigenvalue weighted by Gasteiger charge is -2.26. The van der Waals surface area contributed by atoms with E-state index in [0.717, 1.165) is 4.90 Å². The molecular formula is C14H16N2O4. The maximum absolute atomic E-state index is 12.1. The van der Waals surface area contributed by atoms with Gasteiger partial charge < -0.3 is 9.84 Å². The van der Waals surface area contributed by atoms with E-state index < -0.39 is 17.7 Å². The molecule has 0 atom stereocenters. The number of aromatic nitrogens is 1. The number of terminal acetylenes is 1. The number of carboxylic acid groups (broad SMARTS) is 1. The van der Waals surface area contributed by atoms with Crippen LogP contribution in [0.1, 0.15) is 31.1 Å². The zero-order chi connectivity index (χ0) is 15.3. The first-order valence-electron chi connectivity index (χ1n) is 5.88. The van der Waals surface area contributed by atoms with Crippen LogP contribution < -0.4 is 4.90 Å². The van der Waals surface area contributed by atoms with Gasteiger partial charge in [0.25, 0.3) is 0 Å². The molecule has 6 nitrogen and oxygen atoms in total. The number of pyridine rings is 1. The summed E-state index contributed by atoms with van der Waals surface area (Å²) in [7, 11) is 0. The number of hydrogen-bond acceptors (Lipinski definition) is 4. The van der Waals surface area contributed by atoms with Crippen molar-refractivity contribution in [3.63, 3.8) is 0 Å². The summed E-state index contributed by atoms with van der Waals surface area (Å²) in [6, 6.07) is 2.81. The van der Waals surface area contributed by atoms with E-state index in [0.29, 0.717) is 0 Å². The van der Waals surface area contributed by atoms with Gasteiger partial charge in [0.05, 0.1) is 6.54 Å². The number of carbonyl (C=O) groups is 2. The SMILES string of the molecule is C#CCN(C(=O)OC(C)(C)C)c1ncccc1C(=O)O. The number of carboxylic acids is 1. The number of nitrogens with zero attached hydrogens (tertiary/aromatic N) is 2. The van der Waals surface area contributed by atoms with Crippen molar-refractivity contribution < 1.29 is 19.4 Å². The third-order valence-electron chi connectivity index (χ3n) is 2.14. The van der Waals surface area contributed by atoms with Crippen molar-refractivity contribution >= 4 is 17.9 Å². The maximum atomic E-state index is 12.1. The van der Waals surface area contributed by atoms with Gasteiger partial charge in [-0.2, -0.15) is 0 Å². The molecule has 0 radical (unpaired) electrons. The fourth-order valence-electron chi connectivity index (χ4n) is 1.41. The molecule has 0 saturated heterocycles. The lowest BCUT2D eigenvalue weighted by atomic mass is 10.2. The van der Waals surface area contributed by atoms with Crippen LogP contribution in [0.2, 0.25) is 0 Å². The fourth-order valence-corrected chi connectivity index (χ4v) is 1.41. The third kappa shape index (κ3) is 3.99. The number of anilines is 1. The largest absolute Gasteiger partial charge is 0.478 e. The van der Waals surface area contributed by atoms with Crippen LogP contribution >= 0.6 is 0 Å². The topological polar surface area (TPSA) is 79.7 Å². The molecule has 0 aliphatic rings. The van der Waals surface area contributed by atoms with Gasteiger partial charge in [-0.25, -0.2) is 19.5 Å². The maximum Gasteiger partial charge on any atom is 0.416 e. The van der Waals surface area contributed by atoms with Crippen LogP contribution in [-0.4, -0.2) is 34.3 Å². The van der Waals surface area contributed by atoms with Crippen molar-refractivity contribution in [2.24, 2.45) is 0 Å². The predicted molar refractivity (Wildman–Crippen MR) is 73.6 cm³/mol. The molecule has 0 unspecified atom stereocenters. The molecule has 1 amide bonds. The van der Waals surface area contributed by atoms with E-state index in [4.69, 9.17) is 16.3 Å². The van der Waals surface area contributed by atoms with E-state index in [1.165, 1.54) is 18.3 Å². The van der Waals surface area contributed by atoms with Crippen LogP contribution in [0.25, 0.3) is 0 Å². The highest BCUT2D eigenvalue weighted by atomic mass is 16.6. The van der Waals surface area contributed by atoms with Crippen molar-refractivity contribution in [2.45, 2.75) is 26.4 Å². The highest BCUT2D eigenvalue weighted by molar-refractivity contribution is 5.98. The van der Waals surface area contributed by atoms with Crippen molar-refractivity contribution in [1.82, 2.24) is 4.98 Å². The molecule has 106 valence electrons. The summed E-state index contributed by atoms with van der Waals surface area (Å²) in [4.78, 5) is 28.2. The lowest BCUT2D eigenvalue weighted by molar-refractivity contribution is 0.0583. The molecule has 0 fully saturated rings. The molecule has 1 aromatic heterocycles. The van der Waals surface area contributed by atoms with Gasteiger partial charge in [-0.15, -0.1) is 6.42 Å². The molecule has 1 aromatic rings. The Morgan fingerprint density at radius 1 is 1.50 bits per heavy atom. The van der Waals surface area contributed by atoms with Gasteiger partial charge in [-0.3, -0.25) is 0 Å². The first-order chi connectivity index (χ1) is 9.26. The summed E-state index contributed by atoms with van der Waals surface area (Å²) in [5.74, 6) is 1.06. The van der Waals surface area contributed by atoms with Crippen molar-refractivity contribution in [3.8, 4) is 12.3 Å². The Labute approximate surface area is 117 Å². The van der Waals surface area contributed by atoms with Crippen LogP contribution in [0, 0.1) is 12.3 Å². The van der Waals surface area contributed by atoms with Crippen molar-refractivity contribution in [2.75, 3.05) is 11.4 Å². The van der Waals surface area contributed by atoms with E-state index in [1.54, 1.807) is 20.8 Å². The van der Waals surface area contributed by atoms with Crippen LogP contribution in [0.15, 0.2) is 18.3 Å². The molecule has 20 heavy (non-hydrogen) atoms. The number of ether oxygens (including phenoxy) is 1. The van der Waals surface area contributed by atoms with E-state index in [-0.39, 0.29) is 17.9 Å². The van der Waals surface area contributed by atoms with E-state index >= 15 is 0 Å². The molecule has 1 N–H and O–H groups in total. The standard InChI is InChI=1S/C14H16N2O4/c1-5-9-16(13(19)20-14(2,3)4)11-10(12(17)18)7-6-8-15-11/h1,6-8H,9H2,2-4H3,(H,17,18). The summed E-state index contributed by atoms with van der Waals surface area (Å²) < 4.78 is 5.20. The smallest absolute Gasteiger partial charge is 0.416 e. The number of hydrogen-bond donors (Lipinski definition) is 1. The molecule has 0 spiro atoms. The molecule has 0 saturated carbocycles. The number of amides is 1. The van der Waals surface area contributed by atoms with Gasteiger partial charge in [0.2, 0.25) is 0 Å². The number of carbonyl (C=O) groups excluding carboxylic acids is 1. The van der Waals surface area contributed by atoms with Crippen molar-refractivity contribution in [1.29, 1.82) is 0 Å². The second-order valence-electron chi connectivity index (χ2n) is 4.95. The van der Waals surface area contributed by atoms with E-state index in [9.17, 15) is 9.59 Å².